The number of rotatable bonds is 9. The van der Waals surface area contributed by atoms with E-state index in [4.69, 9.17) is 9.47 Å². The van der Waals surface area contributed by atoms with Gasteiger partial charge in [-0.15, -0.1) is 0 Å². The van der Waals surface area contributed by atoms with E-state index in [2.05, 4.69) is 97.8 Å². The molecule has 244 valence electrons. The fraction of sp³-hybridized carbons (Fsp3) is 0.348. The quantitative estimate of drug-likeness (QED) is 0.183. The summed E-state index contributed by atoms with van der Waals surface area (Å²) in [6.07, 6.45) is 20.7. The third kappa shape index (κ3) is 5.93. The first-order chi connectivity index (χ1) is 23.7. The molecule has 48 heavy (non-hydrogen) atoms. The number of methoxy groups -OCH3 is 2. The first-order valence-corrected chi connectivity index (χ1v) is 18.4. The smallest absolute Gasteiger partial charge is 0.118 e. The molecule has 2 nitrogen and oxygen atoms in total. The maximum absolute atomic E-state index is 5.52. The standard InChI is InChI=1S/C46H48O2/c1-47-37-23-19-33(20-24-37)39-17-9-15-35-29-43(31-11-5-3-6-12-31)41(45(35)39)27-28-42-44(32-13-7-4-8-14-32)30-36-16-10-18-40(46(36)42)34-21-25-38(48-2)26-22-34/h9-10,15-26,29-32H,3-8,11-14,27-28H2,1-2H3. The predicted molar refractivity (Wildman–Crippen MR) is 200 cm³/mol. The second-order valence-corrected chi connectivity index (χ2v) is 14.3. The highest BCUT2D eigenvalue weighted by Gasteiger charge is 2.33. The second-order valence-electron chi connectivity index (χ2n) is 14.3. The summed E-state index contributed by atoms with van der Waals surface area (Å²) >= 11 is 0. The molecule has 0 aliphatic heterocycles. The van der Waals surface area contributed by atoms with Gasteiger partial charge in [0.25, 0.3) is 0 Å². The zero-order chi connectivity index (χ0) is 32.5. The molecule has 0 bridgehead atoms. The molecule has 0 amide bonds. The van der Waals surface area contributed by atoms with Gasteiger partial charge in [-0.1, -0.05) is 110 Å². The van der Waals surface area contributed by atoms with Gasteiger partial charge in [0.2, 0.25) is 0 Å². The normalized spacial score (nSPS) is 18.3. The largest absolute Gasteiger partial charge is 0.497 e. The van der Waals surface area contributed by atoms with Crippen molar-refractivity contribution in [1.29, 1.82) is 0 Å². The Morgan fingerprint density at radius 1 is 0.479 bits per heavy atom. The Hall–Kier alpha value is -4.04. The minimum atomic E-state index is 0.661. The Balaban J connectivity index is 1.22. The lowest BCUT2D eigenvalue weighted by Crippen LogP contribution is -2.10. The van der Waals surface area contributed by atoms with Gasteiger partial charge in [-0.05, 0) is 130 Å². The first-order valence-electron chi connectivity index (χ1n) is 18.4. The minimum Gasteiger partial charge on any atom is -0.497 e. The zero-order valence-corrected chi connectivity index (χ0v) is 28.7. The maximum Gasteiger partial charge on any atom is 0.118 e. The Morgan fingerprint density at radius 2 is 0.875 bits per heavy atom. The molecule has 0 N–H and O–H groups in total. The van der Waals surface area contributed by atoms with Crippen molar-refractivity contribution in [2.24, 2.45) is 11.8 Å². The Labute approximate surface area is 287 Å². The summed E-state index contributed by atoms with van der Waals surface area (Å²) in [6, 6.07) is 31.2. The fourth-order valence-electron chi connectivity index (χ4n) is 9.22. The van der Waals surface area contributed by atoms with Crippen LogP contribution in [0.15, 0.2) is 96.1 Å². The molecule has 4 aliphatic carbocycles. The Bertz CT molecular complexity index is 1690. The van der Waals surface area contributed by atoms with Crippen LogP contribution in [0.5, 0.6) is 11.5 Å². The lowest BCUT2D eigenvalue weighted by Gasteiger charge is -2.26. The number of ether oxygens (including phenoxy) is 2. The third-order valence-corrected chi connectivity index (χ3v) is 11.6. The van der Waals surface area contributed by atoms with E-state index in [0.29, 0.717) is 11.8 Å². The van der Waals surface area contributed by atoms with Crippen LogP contribution in [-0.2, 0) is 0 Å². The number of hydrogen-bond acceptors (Lipinski definition) is 2. The number of allylic oxidation sites excluding steroid dienone is 4. The van der Waals surface area contributed by atoms with Gasteiger partial charge in [0.15, 0.2) is 0 Å². The van der Waals surface area contributed by atoms with Gasteiger partial charge in [0.1, 0.15) is 11.5 Å². The predicted octanol–water partition coefficient (Wildman–Crippen LogP) is 12.3. The van der Waals surface area contributed by atoms with Crippen molar-refractivity contribution in [2.45, 2.75) is 77.0 Å². The van der Waals surface area contributed by atoms with E-state index in [-0.39, 0.29) is 0 Å². The van der Waals surface area contributed by atoms with Crippen molar-refractivity contribution in [1.82, 2.24) is 0 Å². The van der Waals surface area contributed by atoms with E-state index in [9.17, 15) is 0 Å². The van der Waals surface area contributed by atoms with E-state index in [1.54, 1.807) is 36.5 Å². The van der Waals surface area contributed by atoms with Crippen LogP contribution in [-0.4, -0.2) is 14.2 Å². The average molecular weight is 633 g/mol. The molecule has 2 heteroatoms. The molecular formula is C46H48O2. The summed E-state index contributed by atoms with van der Waals surface area (Å²) in [5.74, 6) is 3.13. The molecule has 0 aromatic heterocycles. The molecule has 2 saturated carbocycles. The highest BCUT2D eigenvalue weighted by Crippen LogP contribution is 2.52. The van der Waals surface area contributed by atoms with Crippen molar-refractivity contribution < 1.29 is 9.47 Å². The molecule has 0 heterocycles. The molecule has 4 aromatic rings. The van der Waals surface area contributed by atoms with E-state index >= 15 is 0 Å². The minimum absolute atomic E-state index is 0.661. The van der Waals surface area contributed by atoms with Gasteiger partial charge in [-0.2, -0.15) is 0 Å². The van der Waals surface area contributed by atoms with Gasteiger partial charge in [-0.3, -0.25) is 0 Å². The van der Waals surface area contributed by atoms with Crippen molar-refractivity contribution in [3.63, 3.8) is 0 Å². The lowest BCUT2D eigenvalue weighted by atomic mass is 9.79. The Kier molecular flexibility index (Phi) is 9.00. The lowest BCUT2D eigenvalue weighted by molar-refractivity contribution is 0.406. The van der Waals surface area contributed by atoms with Crippen molar-refractivity contribution in [3.05, 3.63) is 131 Å². The molecule has 4 aromatic carbocycles. The molecule has 0 spiro atoms. The molecule has 2 radical (unpaired) electrons. The van der Waals surface area contributed by atoms with Crippen molar-refractivity contribution in [3.8, 4) is 33.8 Å². The molecule has 2 fully saturated rings. The first kappa shape index (κ1) is 31.2. The summed E-state index contributed by atoms with van der Waals surface area (Å²) in [5, 5.41) is 0. The average Bonchev–Trinajstić information content (AvgIpc) is 3.73. The summed E-state index contributed by atoms with van der Waals surface area (Å²) in [7, 11) is 3.49. The van der Waals surface area contributed by atoms with Gasteiger partial charge >= 0.3 is 0 Å². The summed E-state index contributed by atoms with van der Waals surface area (Å²) in [5.41, 5.74) is 17.4. The van der Waals surface area contributed by atoms with Gasteiger partial charge in [0.05, 0.1) is 14.2 Å². The Morgan fingerprint density at radius 3 is 1.25 bits per heavy atom. The van der Waals surface area contributed by atoms with Crippen LogP contribution in [0, 0.1) is 24.7 Å². The molecule has 0 unspecified atom stereocenters. The zero-order valence-electron chi connectivity index (χ0n) is 28.7. The van der Waals surface area contributed by atoms with E-state index < -0.39 is 0 Å². The maximum atomic E-state index is 5.52. The highest BCUT2D eigenvalue weighted by atomic mass is 16.5. The van der Waals surface area contributed by atoms with Crippen LogP contribution < -0.4 is 9.47 Å². The van der Waals surface area contributed by atoms with E-state index in [1.165, 1.54) is 109 Å². The van der Waals surface area contributed by atoms with E-state index in [1.807, 2.05) is 0 Å². The molecule has 0 atom stereocenters. The fourth-order valence-corrected chi connectivity index (χ4v) is 9.22. The van der Waals surface area contributed by atoms with Crippen LogP contribution in [0.3, 0.4) is 0 Å². The van der Waals surface area contributed by atoms with Crippen LogP contribution in [0.1, 0.15) is 99.3 Å². The van der Waals surface area contributed by atoms with Crippen LogP contribution in [0.4, 0.5) is 0 Å². The number of hydrogen-bond donors (Lipinski definition) is 0. The number of fused-ring (bicyclic) bond motifs is 2. The van der Waals surface area contributed by atoms with Crippen molar-refractivity contribution >= 4 is 11.1 Å². The third-order valence-electron chi connectivity index (χ3n) is 11.6. The van der Waals surface area contributed by atoms with Crippen LogP contribution >= 0.6 is 0 Å². The SMILES string of the molecule is COc1ccc(-c2cccc3c2C(CCC2=C(C4CCCCC4)[CH]c4cccc(-c5ccc(OC)cc5)c42)=C(C2CCCCC2)[CH]3)cc1. The van der Waals surface area contributed by atoms with E-state index in [0.717, 1.165) is 24.3 Å². The van der Waals surface area contributed by atoms with Crippen LogP contribution in [0.2, 0.25) is 0 Å². The van der Waals surface area contributed by atoms with Gasteiger partial charge in [-0.25, -0.2) is 0 Å². The van der Waals surface area contributed by atoms with Crippen molar-refractivity contribution in [2.75, 3.05) is 14.2 Å². The highest BCUT2D eigenvalue weighted by molar-refractivity contribution is 5.94. The number of benzene rings is 4. The molecular weight excluding hydrogens is 585 g/mol. The summed E-state index contributed by atoms with van der Waals surface area (Å²) in [4.78, 5) is 0. The molecule has 4 aliphatic rings. The summed E-state index contributed by atoms with van der Waals surface area (Å²) in [6.45, 7) is 0. The molecule has 8 rings (SSSR count). The molecule has 0 saturated heterocycles. The monoisotopic (exact) mass is 632 g/mol. The summed E-state index contributed by atoms with van der Waals surface area (Å²) < 4.78 is 11.0. The van der Waals surface area contributed by atoms with Gasteiger partial charge < -0.3 is 9.47 Å². The second kappa shape index (κ2) is 13.8. The van der Waals surface area contributed by atoms with Crippen LogP contribution in [0.25, 0.3) is 33.4 Å². The topological polar surface area (TPSA) is 18.5 Å². The van der Waals surface area contributed by atoms with Gasteiger partial charge in [0, 0.05) is 12.8 Å².